The van der Waals surface area contributed by atoms with Gasteiger partial charge >= 0.3 is 0 Å². The molecule has 2 nitrogen and oxygen atoms in total. The summed E-state index contributed by atoms with van der Waals surface area (Å²) in [5.41, 5.74) is 0. The highest BCUT2D eigenvalue weighted by Gasteiger charge is 2.13. The van der Waals surface area contributed by atoms with Gasteiger partial charge in [0.1, 0.15) is 5.38 Å². The van der Waals surface area contributed by atoms with Crippen molar-refractivity contribution in [3.8, 4) is 0 Å². The van der Waals surface area contributed by atoms with Crippen molar-refractivity contribution in [3.63, 3.8) is 0 Å². The fourth-order valence-corrected chi connectivity index (χ4v) is 1.32. The average Bonchev–Trinajstić information content (AvgIpc) is 2.07. The maximum absolute atomic E-state index is 11.0. The smallest absolute Gasteiger partial charge is 0.268 e. The minimum Gasteiger partial charge on any atom is -0.270 e. The summed E-state index contributed by atoms with van der Waals surface area (Å²) < 4.78 is 0. The van der Waals surface area contributed by atoms with Crippen LogP contribution in [0.5, 0.6) is 0 Å². The molecule has 2 rings (SSSR count). The molecule has 1 aromatic rings. The van der Waals surface area contributed by atoms with Gasteiger partial charge in [-0.15, -0.1) is 11.6 Å². The Bertz CT molecular complexity index is 438. The minimum atomic E-state index is -0.597. The van der Waals surface area contributed by atoms with Crippen molar-refractivity contribution in [3.05, 3.63) is 34.8 Å². The first-order valence-electron chi connectivity index (χ1n) is 3.61. The molecule has 1 aliphatic rings. The number of hydrogen-bond acceptors (Lipinski definition) is 1. The topological polar surface area (TPSA) is 29.4 Å². The Balaban J connectivity index is 2.79. The first-order chi connectivity index (χ1) is 5.77. The lowest BCUT2D eigenvalue weighted by molar-refractivity contribution is -0.116. The van der Waals surface area contributed by atoms with Crippen molar-refractivity contribution < 1.29 is 4.79 Å². The lowest BCUT2D eigenvalue weighted by atomic mass is 10.2. The van der Waals surface area contributed by atoms with E-state index >= 15 is 0 Å². The number of carbonyl (C=O) groups excluding carboxylic acids is 1. The second-order valence-electron chi connectivity index (χ2n) is 2.58. The van der Waals surface area contributed by atoms with Crippen LogP contribution in [0.2, 0.25) is 0 Å². The van der Waals surface area contributed by atoms with E-state index in [1.165, 1.54) is 0 Å². The SMILES string of the molecule is O=C1N=c2ccccc2=C[C@H]1Cl. The maximum atomic E-state index is 11.0. The summed E-state index contributed by atoms with van der Waals surface area (Å²) in [6.45, 7) is 0. The van der Waals surface area contributed by atoms with E-state index in [2.05, 4.69) is 4.99 Å². The van der Waals surface area contributed by atoms with E-state index in [9.17, 15) is 4.79 Å². The fourth-order valence-electron chi connectivity index (χ4n) is 1.14. The van der Waals surface area contributed by atoms with Crippen LogP contribution in [0.25, 0.3) is 6.08 Å². The molecule has 0 N–H and O–H groups in total. The van der Waals surface area contributed by atoms with Gasteiger partial charge in [-0.1, -0.05) is 18.2 Å². The number of carbonyl (C=O) groups is 1. The Morgan fingerprint density at radius 1 is 1.33 bits per heavy atom. The van der Waals surface area contributed by atoms with Gasteiger partial charge in [0.15, 0.2) is 0 Å². The molecule has 0 saturated heterocycles. The van der Waals surface area contributed by atoms with Crippen LogP contribution >= 0.6 is 11.6 Å². The van der Waals surface area contributed by atoms with Crippen LogP contribution in [-0.4, -0.2) is 11.3 Å². The van der Waals surface area contributed by atoms with Gasteiger partial charge in [0.05, 0.1) is 5.36 Å². The molecule has 0 unspecified atom stereocenters. The highest BCUT2D eigenvalue weighted by Crippen LogP contribution is 2.01. The minimum absolute atomic E-state index is 0.282. The van der Waals surface area contributed by atoms with Gasteiger partial charge in [-0.2, -0.15) is 0 Å². The van der Waals surface area contributed by atoms with Crippen molar-refractivity contribution in [2.75, 3.05) is 0 Å². The third-order valence-electron chi connectivity index (χ3n) is 1.73. The summed E-state index contributed by atoms with van der Waals surface area (Å²) in [6.07, 6.45) is 1.71. The lowest BCUT2D eigenvalue weighted by Crippen LogP contribution is -2.33. The molecule has 12 heavy (non-hydrogen) atoms. The number of fused-ring (bicyclic) bond motifs is 1. The highest BCUT2D eigenvalue weighted by atomic mass is 35.5. The van der Waals surface area contributed by atoms with Crippen LogP contribution in [-0.2, 0) is 4.79 Å². The van der Waals surface area contributed by atoms with E-state index in [4.69, 9.17) is 11.6 Å². The molecule has 0 bridgehead atoms. The molecular weight excluding hydrogens is 174 g/mol. The average molecular weight is 180 g/mol. The first-order valence-corrected chi connectivity index (χ1v) is 4.04. The monoisotopic (exact) mass is 179 g/mol. The number of amides is 1. The van der Waals surface area contributed by atoms with Gasteiger partial charge in [0, 0.05) is 0 Å². The van der Waals surface area contributed by atoms with Crippen LogP contribution in [0.15, 0.2) is 29.3 Å². The van der Waals surface area contributed by atoms with E-state index in [0.29, 0.717) is 5.36 Å². The van der Waals surface area contributed by atoms with E-state index in [-0.39, 0.29) is 5.91 Å². The number of hydrogen-bond donors (Lipinski definition) is 0. The summed E-state index contributed by atoms with van der Waals surface area (Å²) in [6, 6.07) is 7.43. The molecular formula is C9H6ClNO. The third kappa shape index (κ3) is 1.14. The van der Waals surface area contributed by atoms with E-state index in [1.54, 1.807) is 12.1 Å². The predicted molar refractivity (Wildman–Crippen MR) is 46.3 cm³/mol. The quantitative estimate of drug-likeness (QED) is 0.525. The Morgan fingerprint density at radius 2 is 2.08 bits per heavy atom. The molecule has 1 aromatic carbocycles. The molecule has 1 atom stereocenters. The van der Waals surface area contributed by atoms with Gasteiger partial charge in [-0.25, -0.2) is 4.99 Å². The Kier molecular flexibility index (Phi) is 1.70. The van der Waals surface area contributed by atoms with E-state index < -0.39 is 5.38 Å². The molecule has 60 valence electrons. The van der Waals surface area contributed by atoms with Crippen LogP contribution < -0.4 is 10.6 Å². The van der Waals surface area contributed by atoms with Crippen LogP contribution in [0.1, 0.15) is 0 Å². The fraction of sp³-hybridized carbons (Fsp3) is 0.111. The first kappa shape index (κ1) is 7.50. The van der Waals surface area contributed by atoms with E-state index in [0.717, 1.165) is 5.22 Å². The van der Waals surface area contributed by atoms with Crippen LogP contribution in [0.3, 0.4) is 0 Å². The summed E-state index contributed by atoms with van der Waals surface area (Å²) in [5, 5.41) is 1.04. The Labute approximate surface area is 74.2 Å². The lowest BCUT2D eigenvalue weighted by Gasteiger charge is -2.02. The molecule has 0 saturated carbocycles. The summed E-state index contributed by atoms with van der Waals surface area (Å²) >= 11 is 5.70. The summed E-state index contributed by atoms with van der Waals surface area (Å²) in [4.78, 5) is 14.9. The zero-order chi connectivity index (χ0) is 8.55. The van der Waals surface area contributed by atoms with Crippen molar-refractivity contribution in [2.24, 2.45) is 4.99 Å². The maximum Gasteiger partial charge on any atom is 0.268 e. The molecule has 0 aliphatic carbocycles. The van der Waals surface area contributed by atoms with E-state index in [1.807, 2.05) is 18.2 Å². The Morgan fingerprint density at radius 3 is 2.92 bits per heavy atom. The molecule has 0 spiro atoms. The number of benzene rings is 1. The van der Waals surface area contributed by atoms with Gasteiger partial charge < -0.3 is 0 Å². The van der Waals surface area contributed by atoms with Gasteiger partial charge in [-0.05, 0) is 17.4 Å². The van der Waals surface area contributed by atoms with Crippen LogP contribution in [0, 0.1) is 0 Å². The number of rotatable bonds is 0. The second-order valence-corrected chi connectivity index (χ2v) is 3.05. The molecule has 3 heteroatoms. The zero-order valence-corrected chi connectivity index (χ0v) is 6.95. The number of nitrogens with zero attached hydrogens (tertiary/aromatic N) is 1. The van der Waals surface area contributed by atoms with Gasteiger partial charge in [0.2, 0.25) is 0 Å². The van der Waals surface area contributed by atoms with Gasteiger partial charge in [-0.3, -0.25) is 4.79 Å². The number of halogens is 1. The van der Waals surface area contributed by atoms with Crippen LogP contribution in [0.4, 0.5) is 0 Å². The normalized spacial score (nSPS) is 20.8. The van der Waals surface area contributed by atoms with Crippen molar-refractivity contribution in [1.82, 2.24) is 0 Å². The molecule has 1 aliphatic heterocycles. The van der Waals surface area contributed by atoms with Crippen molar-refractivity contribution in [1.29, 1.82) is 0 Å². The molecule has 0 aromatic heterocycles. The molecule has 0 radical (unpaired) electrons. The predicted octanol–water partition coefficient (Wildman–Crippen LogP) is 0.234. The third-order valence-corrected chi connectivity index (χ3v) is 2.04. The highest BCUT2D eigenvalue weighted by molar-refractivity contribution is 6.34. The van der Waals surface area contributed by atoms with Crippen molar-refractivity contribution >= 4 is 23.6 Å². The molecule has 0 fully saturated rings. The molecule has 1 amide bonds. The second kappa shape index (κ2) is 2.72. The number of alkyl halides is 1. The van der Waals surface area contributed by atoms with Gasteiger partial charge in [0.25, 0.3) is 5.91 Å². The zero-order valence-electron chi connectivity index (χ0n) is 6.20. The standard InChI is InChI=1S/C9H6ClNO/c10-7-5-6-3-1-2-4-8(6)11-9(7)12/h1-5,7H/t7-/m1/s1. The summed E-state index contributed by atoms with van der Waals surface area (Å²) in [5.74, 6) is -0.282. The van der Waals surface area contributed by atoms with Crippen molar-refractivity contribution in [2.45, 2.75) is 5.38 Å². The molecule has 1 heterocycles. The Hall–Kier alpha value is -1.15. The largest absolute Gasteiger partial charge is 0.270 e. The number of para-hydroxylation sites is 1. The summed E-state index contributed by atoms with van der Waals surface area (Å²) in [7, 11) is 0.